The van der Waals surface area contributed by atoms with E-state index >= 15 is 0 Å². The van der Waals surface area contributed by atoms with E-state index in [0.29, 0.717) is 25.1 Å². The molecule has 1 aromatic heterocycles. The van der Waals surface area contributed by atoms with Crippen LogP contribution in [0.5, 0.6) is 0 Å². The van der Waals surface area contributed by atoms with Gasteiger partial charge in [-0.1, -0.05) is 11.6 Å². The first-order valence-electron chi connectivity index (χ1n) is 7.03. The molecule has 1 aromatic carbocycles. The number of carbonyl (C=O) groups excluding carboxylic acids is 1. The number of nitrogens with one attached hydrogen (secondary N) is 1. The van der Waals surface area contributed by atoms with Crippen LogP contribution in [0.2, 0.25) is 0 Å². The Morgan fingerprint density at radius 1 is 1.43 bits per heavy atom. The number of carbonyl (C=O) groups is 2. The molecule has 2 N–H and O–H groups in total. The predicted molar refractivity (Wildman–Crippen MR) is 77.1 cm³/mol. The standard InChI is InChI=1S/C15H17N3O3/c1-9-4-5-12-11(7-9)13(17-16-12)14(19)18-6-2-3-10(8-18)15(20)21/h4-5,7,10H,2-3,6,8H2,1H3,(H,16,17)(H,20,21)/t10-/m0/s1. The van der Waals surface area contributed by atoms with Crippen LogP contribution in [0.25, 0.3) is 10.9 Å². The summed E-state index contributed by atoms with van der Waals surface area (Å²) in [5, 5.41) is 16.9. The maximum atomic E-state index is 12.6. The van der Waals surface area contributed by atoms with E-state index in [1.54, 1.807) is 4.90 Å². The maximum absolute atomic E-state index is 12.6. The Hall–Kier alpha value is -2.37. The minimum atomic E-state index is -0.838. The molecule has 1 fully saturated rings. The number of amides is 1. The minimum absolute atomic E-state index is 0.196. The summed E-state index contributed by atoms with van der Waals surface area (Å²) in [6, 6.07) is 5.77. The molecule has 110 valence electrons. The fourth-order valence-electron chi connectivity index (χ4n) is 2.80. The maximum Gasteiger partial charge on any atom is 0.308 e. The van der Waals surface area contributed by atoms with Crippen LogP contribution < -0.4 is 0 Å². The van der Waals surface area contributed by atoms with E-state index in [0.717, 1.165) is 16.5 Å². The number of fused-ring (bicyclic) bond motifs is 1. The van der Waals surface area contributed by atoms with Gasteiger partial charge in [0.2, 0.25) is 0 Å². The second-order valence-electron chi connectivity index (χ2n) is 5.55. The third kappa shape index (κ3) is 2.49. The molecule has 0 saturated carbocycles. The molecule has 1 aliphatic heterocycles. The Balaban J connectivity index is 1.90. The van der Waals surface area contributed by atoms with Gasteiger partial charge in [-0.3, -0.25) is 14.7 Å². The van der Waals surface area contributed by atoms with Crippen molar-refractivity contribution >= 4 is 22.8 Å². The number of aliphatic carboxylic acids is 1. The van der Waals surface area contributed by atoms with E-state index in [-0.39, 0.29) is 12.5 Å². The van der Waals surface area contributed by atoms with Gasteiger partial charge in [0.1, 0.15) is 0 Å². The summed E-state index contributed by atoms with van der Waals surface area (Å²) < 4.78 is 0. The van der Waals surface area contributed by atoms with Gasteiger partial charge in [0.05, 0.1) is 11.4 Å². The van der Waals surface area contributed by atoms with Gasteiger partial charge in [0.25, 0.3) is 5.91 Å². The lowest BCUT2D eigenvalue weighted by molar-refractivity contribution is -0.143. The number of rotatable bonds is 2. The number of hydrogen-bond acceptors (Lipinski definition) is 3. The van der Waals surface area contributed by atoms with E-state index in [1.165, 1.54) is 0 Å². The van der Waals surface area contributed by atoms with Crippen molar-refractivity contribution in [1.82, 2.24) is 15.1 Å². The van der Waals surface area contributed by atoms with Gasteiger partial charge < -0.3 is 10.0 Å². The zero-order valence-electron chi connectivity index (χ0n) is 11.8. The first kappa shape index (κ1) is 13.6. The molecule has 1 aliphatic rings. The average Bonchev–Trinajstić information content (AvgIpc) is 2.89. The van der Waals surface area contributed by atoms with E-state index in [2.05, 4.69) is 10.2 Å². The van der Waals surface area contributed by atoms with Gasteiger partial charge in [-0.05, 0) is 31.9 Å². The van der Waals surface area contributed by atoms with Crippen molar-refractivity contribution in [3.05, 3.63) is 29.5 Å². The van der Waals surface area contributed by atoms with Crippen molar-refractivity contribution in [2.45, 2.75) is 19.8 Å². The molecule has 1 amide bonds. The highest BCUT2D eigenvalue weighted by Gasteiger charge is 2.30. The summed E-state index contributed by atoms with van der Waals surface area (Å²) in [7, 11) is 0. The van der Waals surface area contributed by atoms with Crippen LogP contribution in [0.4, 0.5) is 0 Å². The Morgan fingerprint density at radius 2 is 2.24 bits per heavy atom. The number of carboxylic acid groups (broad SMARTS) is 1. The first-order chi connectivity index (χ1) is 10.1. The summed E-state index contributed by atoms with van der Waals surface area (Å²) in [5.41, 5.74) is 2.25. The molecule has 0 bridgehead atoms. The zero-order chi connectivity index (χ0) is 15.0. The largest absolute Gasteiger partial charge is 0.481 e. The van der Waals surface area contributed by atoms with E-state index in [1.807, 2.05) is 25.1 Å². The van der Waals surface area contributed by atoms with Gasteiger partial charge in [0.15, 0.2) is 5.69 Å². The summed E-state index contributed by atoms with van der Waals surface area (Å²) in [6.07, 6.45) is 1.34. The van der Waals surface area contributed by atoms with Crippen LogP contribution in [0.3, 0.4) is 0 Å². The predicted octanol–water partition coefficient (Wildman–Crippen LogP) is 1.81. The molecule has 2 heterocycles. The minimum Gasteiger partial charge on any atom is -0.481 e. The average molecular weight is 287 g/mol. The quantitative estimate of drug-likeness (QED) is 0.882. The third-order valence-electron chi connectivity index (χ3n) is 3.98. The third-order valence-corrected chi connectivity index (χ3v) is 3.98. The fraction of sp³-hybridized carbons (Fsp3) is 0.400. The molecule has 0 spiro atoms. The molecule has 1 saturated heterocycles. The number of piperidine rings is 1. The number of aromatic amines is 1. The Kier molecular flexibility index (Phi) is 3.37. The molecule has 6 nitrogen and oxygen atoms in total. The highest BCUT2D eigenvalue weighted by molar-refractivity contribution is 6.04. The highest BCUT2D eigenvalue weighted by atomic mass is 16.4. The summed E-state index contributed by atoms with van der Waals surface area (Å²) in [5.74, 6) is -1.51. The van der Waals surface area contributed by atoms with Gasteiger partial charge in [-0.2, -0.15) is 5.10 Å². The molecule has 6 heteroatoms. The van der Waals surface area contributed by atoms with Gasteiger partial charge >= 0.3 is 5.97 Å². The van der Waals surface area contributed by atoms with Crippen LogP contribution >= 0.6 is 0 Å². The van der Waals surface area contributed by atoms with Gasteiger partial charge in [-0.15, -0.1) is 0 Å². The number of likely N-dealkylation sites (tertiary alicyclic amines) is 1. The molecule has 0 radical (unpaired) electrons. The van der Waals surface area contributed by atoms with Crippen LogP contribution in [-0.4, -0.2) is 45.2 Å². The second kappa shape index (κ2) is 5.20. The summed E-state index contributed by atoms with van der Waals surface area (Å²) >= 11 is 0. The second-order valence-corrected chi connectivity index (χ2v) is 5.55. The topological polar surface area (TPSA) is 86.3 Å². The molecule has 0 unspecified atom stereocenters. The molecular formula is C15H17N3O3. The first-order valence-corrected chi connectivity index (χ1v) is 7.03. The fourth-order valence-corrected chi connectivity index (χ4v) is 2.80. The van der Waals surface area contributed by atoms with E-state index in [4.69, 9.17) is 5.11 Å². The normalized spacial score (nSPS) is 18.9. The van der Waals surface area contributed by atoms with Crippen LogP contribution in [0.1, 0.15) is 28.9 Å². The zero-order valence-corrected chi connectivity index (χ0v) is 11.8. The molecule has 3 rings (SSSR count). The van der Waals surface area contributed by atoms with Crippen molar-refractivity contribution in [2.24, 2.45) is 5.92 Å². The summed E-state index contributed by atoms with van der Waals surface area (Å²) in [4.78, 5) is 25.3. The van der Waals surface area contributed by atoms with E-state index < -0.39 is 11.9 Å². The van der Waals surface area contributed by atoms with Gasteiger partial charge in [0, 0.05) is 18.5 Å². The van der Waals surface area contributed by atoms with Crippen molar-refractivity contribution in [3.8, 4) is 0 Å². The van der Waals surface area contributed by atoms with Crippen LogP contribution in [-0.2, 0) is 4.79 Å². The summed E-state index contributed by atoms with van der Waals surface area (Å²) in [6.45, 7) is 2.80. The Morgan fingerprint density at radius 3 is 3.00 bits per heavy atom. The van der Waals surface area contributed by atoms with Gasteiger partial charge in [-0.25, -0.2) is 0 Å². The monoisotopic (exact) mass is 287 g/mol. The molecule has 2 aromatic rings. The molecule has 0 aliphatic carbocycles. The molecule has 1 atom stereocenters. The van der Waals surface area contributed by atoms with Crippen LogP contribution in [0, 0.1) is 12.8 Å². The Bertz CT molecular complexity index is 707. The van der Waals surface area contributed by atoms with Crippen molar-refractivity contribution in [2.75, 3.05) is 13.1 Å². The number of aromatic nitrogens is 2. The number of carboxylic acids is 1. The number of hydrogen-bond donors (Lipinski definition) is 2. The Labute approximate surface area is 121 Å². The van der Waals surface area contributed by atoms with E-state index in [9.17, 15) is 9.59 Å². The van der Waals surface area contributed by atoms with Crippen LogP contribution in [0.15, 0.2) is 18.2 Å². The SMILES string of the molecule is Cc1ccc2[nH]nc(C(=O)N3CCC[C@H](C(=O)O)C3)c2c1. The van der Waals surface area contributed by atoms with Crippen molar-refractivity contribution < 1.29 is 14.7 Å². The van der Waals surface area contributed by atoms with Crippen molar-refractivity contribution in [1.29, 1.82) is 0 Å². The number of benzene rings is 1. The lowest BCUT2D eigenvalue weighted by Crippen LogP contribution is -2.42. The highest BCUT2D eigenvalue weighted by Crippen LogP contribution is 2.22. The lowest BCUT2D eigenvalue weighted by Gasteiger charge is -2.30. The molecule has 21 heavy (non-hydrogen) atoms. The lowest BCUT2D eigenvalue weighted by atomic mass is 9.98. The number of nitrogens with zero attached hydrogens (tertiary/aromatic N) is 2. The smallest absolute Gasteiger partial charge is 0.308 e. The number of H-pyrrole nitrogens is 1. The molecular weight excluding hydrogens is 270 g/mol. The number of aryl methyl sites for hydroxylation is 1. The van der Waals surface area contributed by atoms with Crippen molar-refractivity contribution in [3.63, 3.8) is 0 Å².